The highest BCUT2D eigenvalue weighted by atomic mass is 32.1. The van der Waals surface area contributed by atoms with Gasteiger partial charge >= 0.3 is 5.97 Å². The van der Waals surface area contributed by atoms with Crippen molar-refractivity contribution in [1.82, 2.24) is 9.88 Å². The van der Waals surface area contributed by atoms with Crippen LogP contribution in [-0.4, -0.2) is 34.6 Å². The average Bonchev–Trinajstić information content (AvgIpc) is 3.48. The number of fused-ring (bicyclic) bond motifs is 1. The van der Waals surface area contributed by atoms with E-state index in [4.69, 9.17) is 21.4 Å². The Bertz CT molecular complexity index is 1630. The lowest BCUT2D eigenvalue weighted by Gasteiger charge is -2.30. The molecule has 0 unspecified atom stereocenters. The number of rotatable bonds is 5. The smallest absolute Gasteiger partial charge is 0.373 e. The number of amides is 2. The Morgan fingerprint density at radius 2 is 1.89 bits per heavy atom. The standard InChI is InChI=1S/C28H23N3O5S/c1-16-8-10-22(17(2)12-16)31-26(33)21(25(32)29-28(31)37)13-18-14-30(23-7-5-4-6-20(18)23)15-19-9-11-24(36-19)27(34)35-3/h4-14H,15H2,1-3H3,(H,29,32,37)/b21-13+. The summed E-state index contributed by atoms with van der Waals surface area (Å²) in [5, 5.41) is 3.54. The molecule has 37 heavy (non-hydrogen) atoms. The molecule has 0 radical (unpaired) electrons. The highest BCUT2D eigenvalue weighted by Gasteiger charge is 2.35. The molecule has 8 nitrogen and oxygen atoms in total. The van der Waals surface area contributed by atoms with Crippen LogP contribution in [0.4, 0.5) is 5.69 Å². The fraction of sp³-hybridized carbons (Fsp3) is 0.143. The number of hydrogen-bond donors (Lipinski definition) is 1. The van der Waals surface area contributed by atoms with Gasteiger partial charge in [0.25, 0.3) is 11.8 Å². The molecule has 5 rings (SSSR count). The van der Waals surface area contributed by atoms with Gasteiger partial charge in [-0.25, -0.2) is 4.79 Å². The van der Waals surface area contributed by atoms with Crippen molar-refractivity contribution in [3.8, 4) is 0 Å². The number of nitrogens with zero attached hydrogens (tertiary/aromatic N) is 2. The predicted octanol–water partition coefficient (Wildman–Crippen LogP) is 4.52. The number of aryl methyl sites for hydroxylation is 2. The Morgan fingerprint density at radius 3 is 2.65 bits per heavy atom. The summed E-state index contributed by atoms with van der Waals surface area (Å²) in [6, 6.07) is 16.6. The third-order valence-electron chi connectivity index (χ3n) is 6.19. The van der Waals surface area contributed by atoms with Crippen molar-refractivity contribution in [1.29, 1.82) is 0 Å². The Balaban J connectivity index is 1.54. The van der Waals surface area contributed by atoms with Gasteiger partial charge in [-0.05, 0) is 62.0 Å². The zero-order valence-corrected chi connectivity index (χ0v) is 21.2. The van der Waals surface area contributed by atoms with Crippen LogP contribution < -0.4 is 10.2 Å². The third-order valence-corrected chi connectivity index (χ3v) is 6.47. The van der Waals surface area contributed by atoms with Gasteiger partial charge in [0.1, 0.15) is 11.3 Å². The number of benzene rings is 2. The maximum Gasteiger partial charge on any atom is 0.373 e. The Kier molecular flexibility index (Phi) is 6.22. The fourth-order valence-corrected chi connectivity index (χ4v) is 4.72. The second-order valence-corrected chi connectivity index (χ2v) is 9.12. The SMILES string of the molecule is COC(=O)c1ccc(Cn2cc(/C=C3\C(=O)NC(=S)N(c4ccc(C)cc4C)C3=O)c3ccccc32)o1. The van der Waals surface area contributed by atoms with Crippen LogP contribution >= 0.6 is 12.2 Å². The second kappa shape index (κ2) is 9.51. The van der Waals surface area contributed by atoms with E-state index in [1.54, 1.807) is 18.2 Å². The normalized spacial score (nSPS) is 14.9. The van der Waals surface area contributed by atoms with Gasteiger partial charge in [0, 0.05) is 22.7 Å². The Labute approximate surface area is 218 Å². The molecule has 0 saturated carbocycles. The van der Waals surface area contributed by atoms with Crippen molar-refractivity contribution in [3.05, 3.63) is 94.6 Å². The average molecular weight is 514 g/mol. The zero-order chi connectivity index (χ0) is 26.3. The molecule has 1 fully saturated rings. The van der Waals surface area contributed by atoms with Crippen LogP contribution in [0.3, 0.4) is 0 Å². The lowest BCUT2D eigenvalue weighted by atomic mass is 10.0. The van der Waals surface area contributed by atoms with E-state index < -0.39 is 17.8 Å². The molecule has 4 aromatic rings. The summed E-state index contributed by atoms with van der Waals surface area (Å²) in [5.74, 6) is -0.934. The summed E-state index contributed by atoms with van der Waals surface area (Å²) in [6.07, 6.45) is 3.42. The van der Waals surface area contributed by atoms with E-state index in [2.05, 4.69) is 5.32 Å². The topological polar surface area (TPSA) is 93.8 Å². The molecule has 9 heteroatoms. The lowest BCUT2D eigenvalue weighted by molar-refractivity contribution is -0.122. The summed E-state index contributed by atoms with van der Waals surface area (Å²) >= 11 is 5.35. The van der Waals surface area contributed by atoms with Gasteiger partial charge in [-0.3, -0.25) is 19.8 Å². The third kappa shape index (κ3) is 4.45. The molecule has 0 atom stereocenters. The predicted molar refractivity (Wildman–Crippen MR) is 143 cm³/mol. The van der Waals surface area contributed by atoms with Gasteiger partial charge in [0.05, 0.1) is 19.3 Å². The summed E-state index contributed by atoms with van der Waals surface area (Å²) in [5.41, 5.74) is 4.07. The number of methoxy groups -OCH3 is 1. The van der Waals surface area contributed by atoms with Crippen LogP contribution in [-0.2, 0) is 20.9 Å². The van der Waals surface area contributed by atoms with E-state index >= 15 is 0 Å². The first-order valence-electron chi connectivity index (χ1n) is 11.5. The van der Waals surface area contributed by atoms with E-state index in [1.165, 1.54) is 12.0 Å². The number of aromatic nitrogens is 1. The number of ether oxygens (including phenoxy) is 1. The van der Waals surface area contributed by atoms with Gasteiger partial charge in [-0.2, -0.15) is 0 Å². The van der Waals surface area contributed by atoms with Gasteiger partial charge in [-0.1, -0.05) is 35.9 Å². The largest absolute Gasteiger partial charge is 0.463 e. The first kappa shape index (κ1) is 24.2. The molecule has 2 amide bonds. The fourth-order valence-electron chi connectivity index (χ4n) is 4.45. The quantitative estimate of drug-likeness (QED) is 0.183. The van der Waals surface area contributed by atoms with Crippen molar-refractivity contribution in [2.75, 3.05) is 12.0 Å². The van der Waals surface area contributed by atoms with Crippen LogP contribution in [0.25, 0.3) is 17.0 Å². The summed E-state index contributed by atoms with van der Waals surface area (Å²) in [4.78, 5) is 39.6. The van der Waals surface area contributed by atoms with Gasteiger partial charge < -0.3 is 13.7 Å². The van der Waals surface area contributed by atoms with E-state index in [1.807, 2.05) is 67.1 Å². The Hall–Kier alpha value is -4.50. The molecule has 1 aliphatic rings. The molecule has 3 heterocycles. The number of anilines is 1. The maximum absolute atomic E-state index is 13.6. The van der Waals surface area contributed by atoms with Gasteiger partial charge in [0.2, 0.25) is 5.76 Å². The van der Waals surface area contributed by atoms with Crippen LogP contribution in [0.15, 0.2) is 70.8 Å². The molecule has 0 bridgehead atoms. The van der Waals surface area contributed by atoms with E-state index in [9.17, 15) is 14.4 Å². The minimum absolute atomic E-state index is 0.0255. The number of hydrogen-bond acceptors (Lipinski definition) is 6. The second-order valence-electron chi connectivity index (χ2n) is 8.73. The number of thiocarbonyl (C=S) groups is 1. The van der Waals surface area contributed by atoms with Gasteiger partial charge in [-0.15, -0.1) is 0 Å². The van der Waals surface area contributed by atoms with Crippen LogP contribution in [0.1, 0.15) is 33.0 Å². The number of para-hydroxylation sites is 1. The molecule has 0 aliphatic carbocycles. The van der Waals surface area contributed by atoms with Gasteiger partial charge in [0.15, 0.2) is 5.11 Å². The first-order chi connectivity index (χ1) is 17.8. The highest BCUT2D eigenvalue weighted by molar-refractivity contribution is 7.80. The minimum atomic E-state index is -0.554. The van der Waals surface area contributed by atoms with Crippen molar-refractivity contribution >= 4 is 57.8 Å². The number of furan rings is 1. The van der Waals surface area contributed by atoms with Crippen LogP contribution in [0.2, 0.25) is 0 Å². The number of esters is 1. The molecule has 1 aliphatic heterocycles. The summed E-state index contributed by atoms with van der Waals surface area (Å²) in [6.45, 7) is 4.19. The van der Waals surface area contributed by atoms with Crippen LogP contribution in [0, 0.1) is 13.8 Å². The summed E-state index contributed by atoms with van der Waals surface area (Å²) in [7, 11) is 1.29. The van der Waals surface area contributed by atoms with E-state index in [0.717, 1.165) is 22.0 Å². The Morgan fingerprint density at radius 1 is 1.11 bits per heavy atom. The molecule has 0 spiro atoms. The molecule has 186 valence electrons. The maximum atomic E-state index is 13.6. The van der Waals surface area contributed by atoms with Crippen molar-refractivity contribution in [3.63, 3.8) is 0 Å². The van der Waals surface area contributed by atoms with Crippen molar-refractivity contribution in [2.45, 2.75) is 20.4 Å². The molecular weight excluding hydrogens is 490 g/mol. The molecule has 1 N–H and O–H groups in total. The van der Waals surface area contributed by atoms with E-state index in [0.29, 0.717) is 23.6 Å². The number of nitrogens with one attached hydrogen (secondary N) is 1. The molecule has 2 aromatic carbocycles. The van der Waals surface area contributed by atoms with E-state index in [-0.39, 0.29) is 16.4 Å². The number of carbonyl (C=O) groups is 3. The summed E-state index contributed by atoms with van der Waals surface area (Å²) < 4.78 is 12.3. The zero-order valence-electron chi connectivity index (χ0n) is 20.4. The highest BCUT2D eigenvalue weighted by Crippen LogP contribution is 2.29. The molecule has 2 aromatic heterocycles. The van der Waals surface area contributed by atoms with Crippen molar-refractivity contribution < 1.29 is 23.5 Å². The van der Waals surface area contributed by atoms with Crippen molar-refractivity contribution in [2.24, 2.45) is 0 Å². The molecular formula is C28H23N3O5S. The monoisotopic (exact) mass is 513 g/mol. The lowest BCUT2D eigenvalue weighted by Crippen LogP contribution is -2.54. The number of carbonyl (C=O) groups excluding carboxylic acids is 3. The minimum Gasteiger partial charge on any atom is -0.463 e. The molecule has 1 saturated heterocycles. The van der Waals surface area contributed by atoms with Crippen LogP contribution in [0.5, 0.6) is 0 Å². The first-order valence-corrected chi connectivity index (χ1v) is 11.9.